The van der Waals surface area contributed by atoms with Gasteiger partial charge in [0.15, 0.2) is 0 Å². The van der Waals surface area contributed by atoms with Crippen molar-refractivity contribution >= 4 is 11.4 Å². The van der Waals surface area contributed by atoms with Crippen LogP contribution in [0.5, 0.6) is 5.75 Å². The highest BCUT2D eigenvalue weighted by molar-refractivity contribution is 5.58. The van der Waals surface area contributed by atoms with Gasteiger partial charge in [-0.1, -0.05) is 18.2 Å². The molecule has 2 rings (SSSR count). The van der Waals surface area contributed by atoms with Crippen molar-refractivity contribution in [2.24, 2.45) is 0 Å². The highest BCUT2D eigenvalue weighted by Crippen LogP contribution is 2.18. The van der Waals surface area contributed by atoms with Crippen molar-refractivity contribution in [1.29, 1.82) is 5.26 Å². The predicted molar refractivity (Wildman–Crippen MR) is 85.4 cm³/mol. The van der Waals surface area contributed by atoms with Crippen LogP contribution in [0.3, 0.4) is 0 Å². The van der Waals surface area contributed by atoms with Crippen molar-refractivity contribution in [3.8, 4) is 11.8 Å². The molecule has 0 bridgehead atoms. The molecule has 0 spiro atoms. The van der Waals surface area contributed by atoms with Gasteiger partial charge in [-0.2, -0.15) is 5.26 Å². The van der Waals surface area contributed by atoms with Gasteiger partial charge in [-0.15, -0.1) is 0 Å². The van der Waals surface area contributed by atoms with Crippen LogP contribution in [0.2, 0.25) is 0 Å². The van der Waals surface area contributed by atoms with Crippen LogP contribution in [0, 0.1) is 11.3 Å². The predicted octanol–water partition coefficient (Wildman–Crippen LogP) is 3.05. The minimum Gasteiger partial charge on any atom is -0.493 e. The largest absolute Gasteiger partial charge is 0.493 e. The number of hydrogen-bond donors (Lipinski definition) is 1. The van der Waals surface area contributed by atoms with E-state index in [4.69, 9.17) is 15.7 Å². The summed E-state index contributed by atoms with van der Waals surface area (Å²) < 4.78 is 5.66. The summed E-state index contributed by atoms with van der Waals surface area (Å²) in [5.41, 5.74) is 8.04. The maximum Gasteiger partial charge on any atom is 0.121 e. The summed E-state index contributed by atoms with van der Waals surface area (Å²) in [7, 11) is 1.98. The molecule has 0 aliphatic heterocycles. The lowest BCUT2D eigenvalue weighted by Gasteiger charge is -2.20. The molecule has 0 fully saturated rings. The zero-order chi connectivity index (χ0) is 15.1. The van der Waals surface area contributed by atoms with Gasteiger partial charge in [0.1, 0.15) is 11.8 Å². The van der Waals surface area contributed by atoms with Crippen LogP contribution < -0.4 is 15.4 Å². The molecule has 0 aliphatic rings. The zero-order valence-electron chi connectivity index (χ0n) is 12.1. The number of nitrogen functional groups attached to an aromatic ring is 1. The number of hydrogen-bond acceptors (Lipinski definition) is 4. The summed E-state index contributed by atoms with van der Waals surface area (Å²) in [5, 5.41) is 9.10. The highest BCUT2D eigenvalue weighted by atomic mass is 16.5. The molecule has 4 nitrogen and oxygen atoms in total. The number of nitriles is 1. The zero-order valence-corrected chi connectivity index (χ0v) is 12.1. The van der Waals surface area contributed by atoms with Gasteiger partial charge in [0.05, 0.1) is 17.9 Å². The topological polar surface area (TPSA) is 62.3 Å². The number of anilines is 2. The number of ether oxygens (including phenoxy) is 1. The van der Waals surface area contributed by atoms with E-state index in [1.807, 2.05) is 55.6 Å². The summed E-state index contributed by atoms with van der Waals surface area (Å²) in [5.74, 6) is 0.787. The Morgan fingerprint density at radius 3 is 2.76 bits per heavy atom. The Kier molecular flexibility index (Phi) is 5.05. The maximum absolute atomic E-state index is 9.10. The molecular formula is C17H19N3O. The van der Waals surface area contributed by atoms with Gasteiger partial charge in [0.25, 0.3) is 0 Å². The Morgan fingerprint density at radius 1 is 1.19 bits per heavy atom. The first kappa shape index (κ1) is 14.7. The van der Waals surface area contributed by atoms with Gasteiger partial charge in [-0.25, -0.2) is 0 Å². The summed E-state index contributed by atoms with van der Waals surface area (Å²) in [6.07, 6.45) is 0.866. The van der Waals surface area contributed by atoms with E-state index in [0.717, 1.165) is 24.4 Å². The first-order valence-electron chi connectivity index (χ1n) is 6.89. The van der Waals surface area contributed by atoms with Gasteiger partial charge >= 0.3 is 0 Å². The summed E-state index contributed by atoms with van der Waals surface area (Å²) in [6, 6.07) is 17.2. The molecule has 0 saturated heterocycles. The van der Waals surface area contributed by atoms with Crippen LogP contribution in [0.25, 0.3) is 0 Å². The van der Waals surface area contributed by atoms with E-state index in [0.29, 0.717) is 17.9 Å². The van der Waals surface area contributed by atoms with Crippen LogP contribution in [-0.2, 0) is 0 Å². The third-order valence-electron chi connectivity index (χ3n) is 3.20. The lowest BCUT2D eigenvalue weighted by molar-refractivity contribution is 0.312. The first-order chi connectivity index (χ1) is 10.2. The fourth-order valence-electron chi connectivity index (χ4n) is 2.12. The van der Waals surface area contributed by atoms with Crippen LogP contribution >= 0.6 is 0 Å². The summed E-state index contributed by atoms with van der Waals surface area (Å²) in [4.78, 5) is 2.07. The number of para-hydroxylation sites is 1. The van der Waals surface area contributed by atoms with E-state index in [1.54, 1.807) is 0 Å². The smallest absolute Gasteiger partial charge is 0.121 e. The minimum atomic E-state index is 0.614. The number of benzene rings is 2. The van der Waals surface area contributed by atoms with Crippen LogP contribution in [0.1, 0.15) is 12.0 Å². The summed E-state index contributed by atoms with van der Waals surface area (Å²) in [6.45, 7) is 1.43. The lowest BCUT2D eigenvalue weighted by Crippen LogP contribution is -2.21. The average molecular weight is 281 g/mol. The molecule has 0 amide bonds. The maximum atomic E-state index is 9.10. The fraction of sp³-hybridized carbons (Fsp3) is 0.235. The Labute approximate surface area is 125 Å². The van der Waals surface area contributed by atoms with E-state index in [2.05, 4.69) is 11.0 Å². The van der Waals surface area contributed by atoms with E-state index in [-0.39, 0.29) is 0 Å². The number of nitrogens with zero attached hydrogens (tertiary/aromatic N) is 2. The highest BCUT2D eigenvalue weighted by Gasteiger charge is 2.06. The lowest BCUT2D eigenvalue weighted by atomic mass is 10.2. The third kappa shape index (κ3) is 4.15. The average Bonchev–Trinajstić information content (AvgIpc) is 2.51. The third-order valence-corrected chi connectivity index (χ3v) is 3.20. The molecule has 0 atom stereocenters. The molecule has 0 aromatic heterocycles. The quantitative estimate of drug-likeness (QED) is 0.653. The SMILES string of the molecule is CN(CCCOc1cccc(N)c1)c1ccccc1C#N. The second kappa shape index (κ2) is 7.20. The monoisotopic (exact) mass is 281 g/mol. The molecular weight excluding hydrogens is 262 g/mol. The molecule has 21 heavy (non-hydrogen) atoms. The van der Waals surface area contributed by atoms with Crippen molar-refractivity contribution < 1.29 is 4.74 Å². The second-order valence-electron chi connectivity index (χ2n) is 4.83. The molecule has 4 heteroatoms. The van der Waals surface area contributed by atoms with E-state index in [9.17, 15) is 0 Å². The number of rotatable bonds is 6. The van der Waals surface area contributed by atoms with Crippen LogP contribution in [-0.4, -0.2) is 20.2 Å². The van der Waals surface area contributed by atoms with E-state index >= 15 is 0 Å². The molecule has 0 radical (unpaired) electrons. The molecule has 0 heterocycles. The van der Waals surface area contributed by atoms with Crippen molar-refractivity contribution in [3.05, 3.63) is 54.1 Å². The van der Waals surface area contributed by atoms with Crippen molar-refractivity contribution in [1.82, 2.24) is 0 Å². The molecule has 2 aromatic carbocycles. The standard InChI is InChI=1S/C17H19N3O/c1-20(17-9-3-2-6-14(17)13-18)10-5-11-21-16-8-4-7-15(19)12-16/h2-4,6-9,12H,5,10-11,19H2,1H3. The fourth-order valence-corrected chi connectivity index (χ4v) is 2.12. The van der Waals surface area contributed by atoms with Gasteiger partial charge in [0.2, 0.25) is 0 Å². The molecule has 2 aromatic rings. The summed E-state index contributed by atoms with van der Waals surface area (Å²) >= 11 is 0. The van der Waals surface area contributed by atoms with Crippen molar-refractivity contribution in [2.75, 3.05) is 30.8 Å². The Hall–Kier alpha value is -2.67. The van der Waals surface area contributed by atoms with Gasteiger partial charge < -0.3 is 15.4 Å². The normalized spacial score (nSPS) is 9.90. The number of nitrogens with two attached hydrogens (primary N) is 1. The van der Waals surface area contributed by atoms with Gasteiger partial charge in [-0.3, -0.25) is 0 Å². The van der Waals surface area contributed by atoms with Crippen LogP contribution in [0.4, 0.5) is 11.4 Å². The first-order valence-corrected chi connectivity index (χ1v) is 6.89. The second-order valence-corrected chi connectivity index (χ2v) is 4.83. The van der Waals surface area contributed by atoms with Crippen molar-refractivity contribution in [3.63, 3.8) is 0 Å². The van der Waals surface area contributed by atoms with E-state index in [1.165, 1.54) is 0 Å². The molecule has 0 aliphatic carbocycles. The Balaban J connectivity index is 1.82. The van der Waals surface area contributed by atoms with Gasteiger partial charge in [0, 0.05) is 25.3 Å². The molecule has 2 N–H and O–H groups in total. The van der Waals surface area contributed by atoms with E-state index < -0.39 is 0 Å². The molecule has 108 valence electrons. The molecule has 0 unspecified atom stereocenters. The Morgan fingerprint density at radius 2 is 2.00 bits per heavy atom. The molecule has 0 saturated carbocycles. The minimum absolute atomic E-state index is 0.614. The van der Waals surface area contributed by atoms with Crippen LogP contribution in [0.15, 0.2) is 48.5 Å². The van der Waals surface area contributed by atoms with Crippen molar-refractivity contribution in [2.45, 2.75) is 6.42 Å². The Bertz CT molecular complexity index is 634. The van der Waals surface area contributed by atoms with Gasteiger partial charge in [-0.05, 0) is 30.7 Å².